The molecule has 2 fully saturated rings. The van der Waals surface area contributed by atoms with Gasteiger partial charge in [0, 0.05) is 16.7 Å². The molecule has 0 bridgehead atoms. The molecular weight excluding hydrogens is 271 g/mol. The number of alkyl halides is 2. The second-order valence-corrected chi connectivity index (χ2v) is 6.60. The predicted molar refractivity (Wildman–Crippen MR) is 66.5 cm³/mol. The van der Waals surface area contributed by atoms with Crippen molar-refractivity contribution < 1.29 is 9.18 Å². The van der Waals surface area contributed by atoms with E-state index in [0.29, 0.717) is 23.5 Å². The zero-order valence-electron chi connectivity index (χ0n) is 9.63. The lowest BCUT2D eigenvalue weighted by molar-refractivity contribution is -0.129. The van der Waals surface area contributed by atoms with Crippen molar-refractivity contribution >= 4 is 21.7 Å². The largest absolute Gasteiger partial charge is 0.299 e. The van der Waals surface area contributed by atoms with Gasteiger partial charge in [0.05, 0.1) is 0 Å². The van der Waals surface area contributed by atoms with Gasteiger partial charge in [0.2, 0.25) is 0 Å². The SMILES string of the molecule is O=C(C1CCC(F)CC1)C1CCC(Br)CC1. The number of carbonyl (C=O) groups excluding carboxylic acids is 1. The van der Waals surface area contributed by atoms with Crippen LogP contribution in [0.15, 0.2) is 0 Å². The number of halogens is 2. The van der Waals surface area contributed by atoms with Gasteiger partial charge in [-0.1, -0.05) is 15.9 Å². The van der Waals surface area contributed by atoms with Gasteiger partial charge in [0.15, 0.2) is 0 Å². The summed E-state index contributed by atoms with van der Waals surface area (Å²) in [7, 11) is 0. The first-order valence-corrected chi connectivity index (χ1v) is 7.40. The van der Waals surface area contributed by atoms with Gasteiger partial charge in [0.1, 0.15) is 12.0 Å². The van der Waals surface area contributed by atoms with Crippen molar-refractivity contribution in [3.8, 4) is 0 Å². The van der Waals surface area contributed by atoms with Crippen molar-refractivity contribution in [2.45, 2.75) is 62.4 Å². The molecule has 1 nitrogen and oxygen atoms in total. The van der Waals surface area contributed by atoms with E-state index >= 15 is 0 Å². The van der Waals surface area contributed by atoms with Gasteiger partial charge in [-0.3, -0.25) is 4.79 Å². The molecule has 0 aromatic carbocycles. The summed E-state index contributed by atoms with van der Waals surface area (Å²) in [6.07, 6.45) is 6.43. The highest BCUT2D eigenvalue weighted by Crippen LogP contribution is 2.35. The number of hydrogen-bond donors (Lipinski definition) is 0. The fraction of sp³-hybridized carbons (Fsp3) is 0.923. The molecule has 0 amide bonds. The Labute approximate surface area is 105 Å². The average molecular weight is 291 g/mol. The minimum Gasteiger partial charge on any atom is -0.299 e. The summed E-state index contributed by atoms with van der Waals surface area (Å²) >= 11 is 3.61. The third kappa shape index (κ3) is 3.06. The van der Waals surface area contributed by atoms with Crippen molar-refractivity contribution in [2.24, 2.45) is 11.8 Å². The Kier molecular flexibility index (Phi) is 4.40. The van der Waals surface area contributed by atoms with Crippen LogP contribution in [0.2, 0.25) is 0 Å². The molecule has 2 aliphatic carbocycles. The maximum Gasteiger partial charge on any atom is 0.139 e. The highest BCUT2D eigenvalue weighted by molar-refractivity contribution is 9.09. The van der Waals surface area contributed by atoms with Crippen molar-refractivity contribution in [1.29, 1.82) is 0 Å². The topological polar surface area (TPSA) is 17.1 Å². The van der Waals surface area contributed by atoms with Crippen LogP contribution >= 0.6 is 15.9 Å². The Balaban J connectivity index is 1.83. The van der Waals surface area contributed by atoms with E-state index in [9.17, 15) is 9.18 Å². The zero-order chi connectivity index (χ0) is 11.5. The van der Waals surface area contributed by atoms with Crippen LogP contribution in [0.3, 0.4) is 0 Å². The summed E-state index contributed by atoms with van der Waals surface area (Å²) < 4.78 is 13.0. The molecule has 0 radical (unpaired) electrons. The van der Waals surface area contributed by atoms with Gasteiger partial charge in [-0.05, 0) is 51.4 Å². The smallest absolute Gasteiger partial charge is 0.139 e. The second kappa shape index (κ2) is 5.61. The first kappa shape index (κ1) is 12.5. The van der Waals surface area contributed by atoms with Crippen LogP contribution < -0.4 is 0 Å². The summed E-state index contributed by atoms with van der Waals surface area (Å²) in [5.74, 6) is 0.880. The summed E-state index contributed by atoms with van der Waals surface area (Å²) in [6, 6.07) is 0. The molecule has 2 rings (SSSR count). The van der Waals surface area contributed by atoms with Crippen LogP contribution in [0.25, 0.3) is 0 Å². The third-order valence-corrected chi connectivity index (χ3v) is 5.03. The molecule has 0 unspecified atom stereocenters. The molecule has 0 heterocycles. The molecule has 0 atom stereocenters. The zero-order valence-corrected chi connectivity index (χ0v) is 11.2. The van der Waals surface area contributed by atoms with Gasteiger partial charge in [0.25, 0.3) is 0 Å². The van der Waals surface area contributed by atoms with E-state index < -0.39 is 6.17 Å². The number of hydrogen-bond acceptors (Lipinski definition) is 1. The lowest BCUT2D eigenvalue weighted by Crippen LogP contribution is -2.30. The molecule has 0 aliphatic heterocycles. The minimum absolute atomic E-state index is 0.170. The Bertz CT molecular complexity index is 216. The first-order valence-electron chi connectivity index (χ1n) is 6.48. The number of rotatable bonds is 2. The van der Waals surface area contributed by atoms with Crippen LogP contribution in [0.4, 0.5) is 4.39 Å². The van der Waals surface area contributed by atoms with E-state index in [0.717, 1.165) is 38.5 Å². The lowest BCUT2D eigenvalue weighted by atomic mass is 9.76. The number of ketones is 1. The quantitative estimate of drug-likeness (QED) is 0.702. The van der Waals surface area contributed by atoms with E-state index in [1.165, 1.54) is 0 Å². The molecule has 2 aliphatic rings. The minimum atomic E-state index is -0.651. The first-order chi connectivity index (χ1) is 7.66. The number of carbonyl (C=O) groups is 1. The van der Waals surface area contributed by atoms with Crippen LogP contribution in [0, 0.1) is 11.8 Å². The fourth-order valence-corrected chi connectivity index (χ4v) is 3.54. The summed E-state index contributed by atoms with van der Waals surface area (Å²) in [5.41, 5.74) is 0. The second-order valence-electron chi connectivity index (χ2n) is 5.30. The molecule has 92 valence electrons. The van der Waals surface area contributed by atoms with Crippen LogP contribution in [0.1, 0.15) is 51.4 Å². The van der Waals surface area contributed by atoms with E-state index in [4.69, 9.17) is 0 Å². The Morgan fingerprint density at radius 1 is 0.875 bits per heavy atom. The molecule has 0 saturated heterocycles. The van der Waals surface area contributed by atoms with E-state index in [2.05, 4.69) is 15.9 Å². The Hall–Kier alpha value is 0.0800. The molecule has 3 heteroatoms. The van der Waals surface area contributed by atoms with E-state index in [-0.39, 0.29) is 11.8 Å². The summed E-state index contributed by atoms with van der Waals surface area (Å²) in [5, 5.41) is 0. The fourth-order valence-electron chi connectivity index (χ4n) is 3.01. The van der Waals surface area contributed by atoms with Crippen molar-refractivity contribution in [3.63, 3.8) is 0 Å². The van der Waals surface area contributed by atoms with Gasteiger partial charge < -0.3 is 0 Å². The monoisotopic (exact) mass is 290 g/mol. The van der Waals surface area contributed by atoms with Gasteiger partial charge in [-0.15, -0.1) is 0 Å². The summed E-state index contributed by atoms with van der Waals surface area (Å²) in [4.78, 5) is 12.8. The Morgan fingerprint density at radius 3 is 1.81 bits per heavy atom. The van der Waals surface area contributed by atoms with Crippen molar-refractivity contribution in [2.75, 3.05) is 0 Å². The molecule has 0 aromatic rings. The predicted octanol–water partition coefficient (Wildman–Crippen LogP) is 4.04. The van der Waals surface area contributed by atoms with Gasteiger partial charge >= 0.3 is 0 Å². The van der Waals surface area contributed by atoms with E-state index in [1.807, 2.05) is 0 Å². The third-order valence-electron chi connectivity index (χ3n) is 4.12. The van der Waals surface area contributed by atoms with Crippen molar-refractivity contribution in [3.05, 3.63) is 0 Å². The Morgan fingerprint density at radius 2 is 1.31 bits per heavy atom. The van der Waals surface area contributed by atoms with Gasteiger partial charge in [-0.25, -0.2) is 4.39 Å². The molecule has 0 spiro atoms. The van der Waals surface area contributed by atoms with Crippen LogP contribution in [0.5, 0.6) is 0 Å². The van der Waals surface area contributed by atoms with Gasteiger partial charge in [-0.2, -0.15) is 0 Å². The normalized spacial score (nSPS) is 40.6. The van der Waals surface area contributed by atoms with Crippen LogP contribution in [-0.2, 0) is 4.79 Å². The molecular formula is C13H20BrFO. The highest BCUT2D eigenvalue weighted by atomic mass is 79.9. The number of Topliss-reactive ketones (excluding diaryl/α,β-unsaturated/α-hetero) is 1. The molecule has 0 aromatic heterocycles. The highest BCUT2D eigenvalue weighted by Gasteiger charge is 2.32. The molecule has 2 saturated carbocycles. The van der Waals surface area contributed by atoms with E-state index in [1.54, 1.807) is 0 Å². The van der Waals surface area contributed by atoms with Crippen LogP contribution in [-0.4, -0.2) is 16.8 Å². The maximum atomic E-state index is 13.0. The molecule has 0 N–H and O–H groups in total. The summed E-state index contributed by atoms with van der Waals surface area (Å²) in [6.45, 7) is 0. The van der Waals surface area contributed by atoms with Crippen molar-refractivity contribution in [1.82, 2.24) is 0 Å². The standard InChI is InChI=1S/C13H20BrFO/c14-11-5-1-9(2-6-11)13(16)10-3-7-12(15)8-4-10/h9-12H,1-8H2. The average Bonchev–Trinajstić information content (AvgIpc) is 2.30. The maximum absolute atomic E-state index is 13.0. The lowest BCUT2D eigenvalue weighted by Gasteiger charge is -2.30. The molecule has 16 heavy (non-hydrogen) atoms.